The van der Waals surface area contributed by atoms with Crippen LogP contribution >= 0.6 is 0 Å². The van der Waals surface area contributed by atoms with Crippen molar-refractivity contribution in [3.8, 4) is 0 Å². The lowest BCUT2D eigenvalue weighted by Crippen LogP contribution is -2.19. The van der Waals surface area contributed by atoms with E-state index in [0.717, 1.165) is 17.8 Å². The summed E-state index contributed by atoms with van der Waals surface area (Å²) < 4.78 is 1.68. The molecule has 1 heterocycles. The van der Waals surface area contributed by atoms with Crippen molar-refractivity contribution in [2.24, 2.45) is 18.9 Å². The molecule has 0 amide bonds. The number of fused-ring (bicyclic) bond motifs is 1. The summed E-state index contributed by atoms with van der Waals surface area (Å²) >= 11 is 0. The first kappa shape index (κ1) is 7.29. The molecule has 5 nitrogen and oxygen atoms in total. The Labute approximate surface area is 76.5 Å². The first-order valence-corrected chi connectivity index (χ1v) is 4.82. The Hall–Kier alpha value is -1.13. The van der Waals surface area contributed by atoms with Crippen molar-refractivity contribution in [1.82, 2.24) is 20.2 Å². The predicted octanol–water partition coefficient (Wildman–Crippen LogP) is 0.420. The van der Waals surface area contributed by atoms with Crippen LogP contribution in [0.5, 0.6) is 0 Å². The summed E-state index contributed by atoms with van der Waals surface area (Å²) in [5.74, 6) is 2.80. The van der Waals surface area contributed by atoms with Crippen LogP contribution < -0.4 is 5.32 Å². The molecule has 1 aromatic heterocycles. The molecule has 70 valence electrons. The van der Waals surface area contributed by atoms with Crippen LogP contribution in [0.4, 0.5) is 5.95 Å². The monoisotopic (exact) mass is 179 g/mol. The highest BCUT2D eigenvalue weighted by Gasteiger charge is 2.45. The Balaban J connectivity index is 1.66. The average Bonchev–Trinajstić information content (AvgIpc) is 2.55. The maximum atomic E-state index is 3.91. The van der Waals surface area contributed by atoms with Crippen LogP contribution in [0.15, 0.2) is 0 Å². The fraction of sp³-hybridized carbons (Fsp3) is 0.875. The van der Waals surface area contributed by atoms with E-state index in [1.54, 1.807) is 4.68 Å². The van der Waals surface area contributed by atoms with Crippen LogP contribution in [-0.4, -0.2) is 26.2 Å². The van der Waals surface area contributed by atoms with Gasteiger partial charge in [-0.1, -0.05) is 5.10 Å². The number of aryl methyl sites for hydroxylation is 1. The molecule has 1 N–H and O–H groups in total. The van der Waals surface area contributed by atoms with Gasteiger partial charge < -0.3 is 5.32 Å². The van der Waals surface area contributed by atoms with E-state index in [0.29, 0.717) is 6.04 Å². The molecule has 3 rings (SSSR count). The second-order valence-corrected chi connectivity index (χ2v) is 4.19. The summed E-state index contributed by atoms with van der Waals surface area (Å²) in [7, 11) is 1.86. The zero-order valence-corrected chi connectivity index (χ0v) is 7.64. The van der Waals surface area contributed by atoms with E-state index >= 15 is 0 Å². The van der Waals surface area contributed by atoms with Gasteiger partial charge in [-0.3, -0.25) is 0 Å². The van der Waals surface area contributed by atoms with E-state index in [1.807, 2.05) is 7.05 Å². The highest BCUT2D eigenvalue weighted by molar-refractivity contribution is 5.25. The van der Waals surface area contributed by atoms with Crippen molar-refractivity contribution in [1.29, 1.82) is 0 Å². The molecule has 2 fully saturated rings. The van der Waals surface area contributed by atoms with Gasteiger partial charge in [0, 0.05) is 13.1 Å². The molecule has 2 saturated carbocycles. The van der Waals surface area contributed by atoms with Crippen molar-refractivity contribution in [3.05, 3.63) is 0 Å². The van der Waals surface area contributed by atoms with Crippen molar-refractivity contribution in [2.45, 2.75) is 25.3 Å². The maximum Gasteiger partial charge on any atom is 0.242 e. The molecule has 0 saturated heterocycles. The van der Waals surface area contributed by atoms with Gasteiger partial charge in [0.15, 0.2) is 0 Å². The molecule has 5 heteroatoms. The third kappa shape index (κ3) is 1.18. The fourth-order valence-corrected chi connectivity index (χ4v) is 2.37. The molecule has 0 aliphatic heterocycles. The number of anilines is 1. The van der Waals surface area contributed by atoms with Gasteiger partial charge in [0.1, 0.15) is 0 Å². The van der Waals surface area contributed by atoms with Crippen molar-refractivity contribution >= 4 is 5.95 Å². The van der Waals surface area contributed by atoms with Crippen LogP contribution in [0.25, 0.3) is 0 Å². The lowest BCUT2D eigenvalue weighted by molar-refractivity contribution is 0.633. The van der Waals surface area contributed by atoms with E-state index in [4.69, 9.17) is 0 Å². The Morgan fingerprint density at radius 3 is 2.69 bits per heavy atom. The topological polar surface area (TPSA) is 55.6 Å². The van der Waals surface area contributed by atoms with Crippen LogP contribution in [0.1, 0.15) is 19.3 Å². The summed E-state index contributed by atoms with van der Waals surface area (Å²) in [5, 5.41) is 14.7. The van der Waals surface area contributed by atoms with E-state index < -0.39 is 0 Å². The second-order valence-electron chi connectivity index (χ2n) is 4.19. The normalized spacial score (nSPS) is 35.9. The minimum absolute atomic E-state index is 0.605. The molecule has 2 atom stereocenters. The van der Waals surface area contributed by atoms with Crippen molar-refractivity contribution < 1.29 is 0 Å². The number of hydrogen-bond acceptors (Lipinski definition) is 4. The van der Waals surface area contributed by atoms with E-state index in [2.05, 4.69) is 20.8 Å². The number of hydrogen-bond donors (Lipinski definition) is 1. The van der Waals surface area contributed by atoms with Gasteiger partial charge in [0.2, 0.25) is 5.95 Å². The molecule has 2 aliphatic rings. The number of nitrogens with one attached hydrogen (secondary N) is 1. The molecule has 0 bridgehead atoms. The molecule has 2 unspecified atom stereocenters. The number of tetrazole rings is 1. The molecular weight excluding hydrogens is 166 g/mol. The molecule has 1 aromatic rings. The summed E-state index contributed by atoms with van der Waals surface area (Å²) in [5.41, 5.74) is 0. The first-order valence-electron chi connectivity index (χ1n) is 4.82. The Kier molecular flexibility index (Phi) is 1.36. The molecule has 0 radical (unpaired) electrons. The predicted molar refractivity (Wildman–Crippen MR) is 47.0 cm³/mol. The van der Waals surface area contributed by atoms with E-state index in [9.17, 15) is 0 Å². The quantitative estimate of drug-likeness (QED) is 0.715. The lowest BCUT2D eigenvalue weighted by Gasteiger charge is -2.12. The minimum Gasteiger partial charge on any atom is -0.350 e. The summed E-state index contributed by atoms with van der Waals surface area (Å²) in [4.78, 5) is 0. The van der Waals surface area contributed by atoms with Crippen LogP contribution in [-0.2, 0) is 7.05 Å². The van der Waals surface area contributed by atoms with Gasteiger partial charge in [-0.15, -0.1) is 0 Å². The smallest absolute Gasteiger partial charge is 0.242 e. The Bertz CT molecular complexity index is 310. The van der Waals surface area contributed by atoms with E-state index in [1.165, 1.54) is 19.3 Å². The number of aromatic nitrogens is 4. The third-order valence-electron chi connectivity index (χ3n) is 3.20. The van der Waals surface area contributed by atoms with Gasteiger partial charge in [-0.05, 0) is 41.5 Å². The largest absolute Gasteiger partial charge is 0.350 e. The van der Waals surface area contributed by atoms with Gasteiger partial charge >= 0.3 is 0 Å². The average molecular weight is 179 g/mol. The zero-order chi connectivity index (χ0) is 8.84. The molecule has 0 spiro atoms. The highest BCUT2D eigenvalue weighted by atomic mass is 15.6. The first-order chi connectivity index (χ1) is 6.33. The summed E-state index contributed by atoms with van der Waals surface area (Å²) in [6.07, 6.45) is 4.06. The molecular formula is C8H13N5. The Morgan fingerprint density at radius 2 is 2.08 bits per heavy atom. The highest BCUT2D eigenvalue weighted by Crippen LogP contribution is 2.52. The molecule has 13 heavy (non-hydrogen) atoms. The number of rotatable bonds is 2. The van der Waals surface area contributed by atoms with Crippen LogP contribution in [0, 0.1) is 11.8 Å². The van der Waals surface area contributed by atoms with Crippen LogP contribution in [0.3, 0.4) is 0 Å². The van der Waals surface area contributed by atoms with Gasteiger partial charge in [-0.2, -0.15) is 0 Å². The van der Waals surface area contributed by atoms with Gasteiger partial charge in [0.05, 0.1) is 0 Å². The SMILES string of the molecule is Cn1nnnc1NC1CC2CC2C1. The minimum atomic E-state index is 0.605. The van der Waals surface area contributed by atoms with E-state index in [-0.39, 0.29) is 0 Å². The van der Waals surface area contributed by atoms with Gasteiger partial charge in [0.25, 0.3) is 0 Å². The fourth-order valence-electron chi connectivity index (χ4n) is 2.37. The lowest BCUT2D eigenvalue weighted by atomic mass is 10.2. The Morgan fingerprint density at radius 1 is 1.31 bits per heavy atom. The maximum absolute atomic E-state index is 3.91. The third-order valence-corrected chi connectivity index (χ3v) is 3.20. The second kappa shape index (κ2) is 2.43. The van der Waals surface area contributed by atoms with Crippen molar-refractivity contribution in [3.63, 3.8) is 0 Å². The summed E-state index contributed by atoms with van der Waals surface area (Å²) in [6.45, 7) is 0. The van der Waals surface area contributed by atoms with Crippen molar-refractivity contribution in [2.75, 3.05) is 5.32 Å². The van der Waals surface area contributed by atoms with Gasteiger partial charge in [-0.25, -0.2) is 4.68 Å². The molecule has 0 aromatic carbocycles. The standard InChI is InChI=1S/C8H13N5/c1-13-8(10-11-12-13)9-7-3-5-2-6(5)4-7/h5-7H,2-4H2,1H3,(H,9,10,12). The van der Waals surface area contributed by atoms with Crippen LogP contribution in [0.2, 0.25) is 0 Å². The zero-order valence-electron chi connectivity index (χ0n) is 7.64. The molecule has 2 aliphatic carbocycles. The number of nitrogens with zero attached hydrogens (tertiary/aromatic N) is 4. The summed E-state index contributed by atoms with van der Waals surface area (Å²) in [6, 6.07) is 0.605.